The summed E-state index contributed by atoms with van der Waals surface area (Å²) in [5.74, 6) is -0.0829. The molecule has 1 N–H and O–H groups in total. The van der Waals surface area contributed by atoms with E-state index in [0.29, 0.717) is 0 Å². The number of phenols is 1. The molecule has 1 aromatic carbocycles. The van der Waals surface area contributed by atoms with Crippen LogP contribution in [-0.2, 0) is 19.9 Å². The van der Waals surface area contributed by atoms with Crippen molar-refractivity contribution in [2.45, 2.75) is 6.92 Å². The molecular weight excluding hydrogens is 278 g/mol. The summed E-state index contributed by atoms with van der Waals surface area (Å²) < 4.78 is 47.1. The van der Waals surface area contributed by atoms with E-state index < -0.39 is 24.9 Å². The lowest BCUT2D eigenvalue weighted by atomic mass is 10.3. The lowest BCUT2D eigenvalue weighted by Gasteiger charge is -2.22. The number of benzene rings is 1. The zero-order valence-electron chi connectivity index (χ0n) is 10.1. The maximum absolute atomic E-state index is 12.0. The molecule has 6 nitrogen and oxygen atoms in total. The Labute approximate surface area is 107 Å². The maximum atomic E-state index is 12.0. The largest absolute Gasteiger partial charge is 0.508 e. The van der Waals surface area contributed by atoms with Crippen LogP contribution >= 0.6 is 0 Å². The smallest absolute Gasteiger partial charge is 0.249 e. The van der Waals surface area contributed by atoms with Crippen molar-refractivity contribution in [3.63, 3.8) is 0 Å². The third-order valence-corrected chi connectivity index (χ3v) is 6.15. The van der Waals surface area contributed by atoms with E-state index in [0.717, 1.165) is 10.6 Å². The Hall–Kier alpha value is -1.28. The molecule has 0 atom stereocenters. The molecule has 0 spiro atoms. The van der Waals surface area contributed by atoms with Crippen LogP contribution in [0.25, 0.3) is 0 Å². The first-order chi connectivity index (χ1) is 8.15. The summed E-state index contributed by atoms with van der Waals surface area (Å²) in [5.41, 5.74) is 0.237. The van der Waals surface area contributed by atoms with Crippen molar-refractivity contribution >= 4 is 25.5 Å². The molecule has 8 heteroatoms. The third-order valence-electron chi connectivity index (χ3n) is 2.10. The van der Waals surface area contributed by atoms with E-state index in [4.69, 9.17) is 0 Å². The topological polar surface area (TPSA) is 91.8 Å². The van der Waals surface area contributed by atoms with E-state index in [9.17, 15) is 21.9 Å². The van der Waals surface area contributed by atoms with E-state index in [-0.39, 0.29) is 18.0 Å². The zero-order valence-corrected chi connectivity index (χ0v) is 11.7. The van der Waals surface area contributed by atoms with Gasteiger partial charge < -0.3 is 5.11 Å². The molecule has 18 heavy (non-hydrogen) atoms. The normalized spacial score (nSPS) is 12.3. The summed E-state index contributed by atoms with van der Waals surface area (Å²) >= 11 is 0. The highest BCUT2D eigenvalue weighted by Crippen LogP contribution is 2.23. The molecule has 1 aromatic rings. The third kappa shape index (κ3) is 3.88. The van der Waals surface area contributed by atoms with Crippen molar-refractivity contribution in [3.05, 3.63) is 24.3 Å². The van der Waals surface area contributed by atoms with Gasteiger partial charge in [0.2, 0.25) is 10.0 Å². The fourth-order valence-electron chi connectivity index (χ4n) is 1.52. The number of nitrogens with zero attached hydrogens (tertiary/aromatic N) is 1. The number of sulfone groups is 1. The number of anilines is 1. The van der Waals surface area contributed by atoms with Gasteiger partial charge in [0.15, 0.2) is 14.9 Å². The van der Waals surface area contributed by atoms with Crippen LogP contribution in [0.15, 0.2) is 24.3 Å². The Bertz CT molecular complexity index is 621. The first-order valence-corrected chi connectivity index (χ1v) is 8.80. The summed E-state index contributed by atoms with van der Waals surface area (Å²) in [6, 6.07) is 5.65. The van der Waals surface area contributed by atoms with E-state index in [1.807, 2.05) is 0 Å². The van der Waals surface area contributed by atoms with Crippen LogP contribution in [0.5, 0.6) is 5.75 Å². The molecule has 0 aromatic heterocycles. The van der Waals surface area contributed by atoms with Crippen molar-refractivity contribution in [1.82, 2.24) is 0 Å². The average Bonchev–Trinajstić information content (AvgIpc) is 2.13. The van der Waals surface area contributed by atoms with Crippen LogP contribution in [0.2, 0.25) is 0 Å². The van der Waals surface area contributed by atoms with Crippen LogP contribution < -0.4 is 4.31 Å². The molecule has 0 radical (unpaired) electrons. The van der Waals surface area contributed by atoms with Crippen LogP contribution in [0, 0.1) is 0 Å². The van der Waals surface area contributed by atoms with Gasteiger partial charge in [-0.15, -0.1) is 0 Å². The first kappa shape index (κ1) is 14.8. The summed E-state index contributed by atoms with van der Waals surface area (Å²) in [7, 11) is -7.61. The van der Waals surface area contributed by atoms with Gasteiger partial charge in [-0.1, -0.05) is 6.07 Å². The first-order valence-electron chi connectivity index (χ1n) is 5.13. The molecule has 0 aliphatic carbocycles. The van der Waals surface area contributed by atoms with Gasteiger partial charge in [-0.3, -0.25) is 4.31 Å². The van der Waals surface area contributed by atoms with Gasteiger partial charge in [-0.25, -0.2) is 16.8 Å². The predicted octanol–water partition coefficient (Wildman–Crippen LogP) is 0.550. The van der Waals surface area contributed by atoms with Crippen molar-refractivity contribution in [1.29, 1.82) is 0 Å². The van der Waals surface area contributed by atoms with Gasteiger partial charge in [-0.2, -0.15) is 0 Å². The van der Waals surface area contributed by atoms with Gasteiger partial charge in [0.05, 0.1) is 5.69 Å². The molecule has 0 bridgehead atoms. The van der Waals surface area contributed by atoms with Gasteiger partial charge in [-0.05, 0) is 19.1 Å². The highest BCUT2D eigenvalue weighted by Gasteiger charge is 2.25. The van der Waals surface area contributed by atoms with Gasteiger partial charge >= 0.3 is 0 Å². The van der Waals surface area contributed by atoms with Crippen molar-refractivity contribution < 1.29 is 21.9 Å². The SMILES string of the molecule is CCN(c1cccc(O)c1)S(=O)(=O)CS(C)(=O)=O. The Kier molecular flexibility index (Phi) is 4.23. The molecule has 0 saturated heterocycles. The lowest BCUT2D eigenvalue weighted by Crippen LogP contribution is -2.35. The minimum Gasteiger partial charge on any atom is -0.508 e. The van der Waals surface area contributed by atoms with E-state index in [2.05, 4.69) is 0 Å². The van der Waals surface area contributed by atoms with Crippen LogP contribution in [-0.4, -0.2) is 39.8 Å². The molecule has 1 rings (SSSR count). The summed E-state index contributed by atoms with van der Waals surface area (Å²) in [4.78, 5) is 0. The predicted molar refractivity (Wildman–Crippen MR) is 69.8 cm³/mol. The molecule has 0 aliphatic heterocycles. The summed E-state index contributed by atoms with van der Waals surface area (Å²) in [5, 5.41) is 8.36. The van der Waals surface area contributed by atoms with E-state index in [1.54, 1.807) is 6.92 Å². The molecule has 0 heterocycles. The second-order valence-electron chi connectivity index (χ2n) is 3.84. The number of hydrogen-bond acceptors (Lipinski definition) is 5. The van der Waals surface area contributed by atoms with Crippen molar-refractivity contribution in [3.8, 4) is 5.75 Å². The Balaban J connectivity index is 3.19. The van der Waals surface area contributed by atoms with Gasteiger partial charge in [0.1, 0.15) is 5.75 Å². The fourth-order valence-corrected chi connectivity index (χ4v) is 5.02. The second-order valence-corrected chi connectivity index (χ2v) is 8.24. The van der Waals surface area contributed by atoms with E-state index in [1.165, 1.54) is 24.3 Å². The number of aromatic hydroxyl groups is 1. The lowest BCUT2D eigenvalue weighted by molar-refractivity contribution is 0.475. The Morgan fingerprint density at radius 2 is 1.83 bits per heavy atom. The Morgan fingerprint density at radius 1 is 1.22 bits per heavy atom. The standard InChI is InChI=1S/C10H15NO5S2/c1-3-11(9-5-4-6-10(12)7-9)18(15,16)8-17(2,13)14/h4-7,12H,3,8H2,1-2H3. The minimum atomic E-state index is -3.97. The average molecular weight is 293 g/mol. The molecule has 0 amide bonds. The molecular formula is C10H15NO5S2. The number of hydrogen-bond donors (Lipinski definition) is 1. The Morgan fingerprint density at radius 3 is 2.28 bits per heavy atom. The van der Waals surface area contributed by atoms with Crippen molar-refractivity contribution in [2.75, 3.05) is 22.2 Å². The highest BCUT2D eigenvalue weighted by atomic mass is 32.3. The fraction of sp³-hybridized carbons (Fsp3) is 0.400. The molecule has 0 aliphatic rings. The van der Waals surface area contributed by atoms with Crippen LogP contribution in [0.1, 0.15) is 6.92 Å². The van der Waals surface area contributed by atoms with Crippen molar-refractivity contribution in [2.24, 2.45) is 0 Å². The highest BCUT2D eigenvalue weighted by molar-refractivity contribution is 8.08. The second kappa shape index (κ2) is 5.15. The molecule has 0 unspecified atom stereocenters. The van der Waals surface area contributed by atoms with Crippen LogP contribution in [0.4, 0.5) is 5.69 Å². The zero-order chi connectivity index (χ0) is 14.0. The number of rotatable bonds is 5. The van der Waals surface area contributed by atoms with Gasteiger partial charge in [0.25, 0.3) is 0 Å². The maximum Gasteiger partial charge on any atom is 0.249 e. The summed E-state index contributed by atoms with van der Waals surface area (Å²) in [6.45, 7) is 1.67. The van der Waals surface area contributed by atoms with Gasteiger partial charge in [0, 0.05) is 18.9 Å². The molecule has 0 saturated carbocycles. The number of sulfonamides is 1. The molecule has 102 valence electrons. The quantitative estimate of drug-likeness (QED) is 0.856. The van der Waals surface area contributed by atoms with Crippen LogP contribution in [0.3, 0.4) is 0 Å². The monoisotopic (exact) mass is 293 g/mol. The summed E-state index contributed by atoms with van der Waals surface area (Å²) in [6.07, 6.45) is 0.862. The molecule has 0 fully saturated rings. The number of phenolic OH excluding ortho intramolecular Hbond substituents is 1. The van der Waals surface area contributed by atoms with E-state index >= 15 is 0 Å². The minimum absolute atomic E-state index is 0.0829.